The Balaban J connectivity index is 2.72. The molecule has 0 unspecified atom stereocenters. The molecule has 0 heterocycles. The van der Waals surface area contributed by atoms with Crippen LogP contribution in [0.2, 0.25) is 0 Å². The van der Waals surface area contributed by atoms with Crippen LogP contribution in [0.1, 0.15) is 0 Å². The first-order valence-corrected chi connectivity index (χ1v) is 5.00. The van der Waals surface area contributed by atoms with Crippen molar-refractivity contribution in [3.8, 4) is 5.75 Å². The first-order valence-electron chi connectivity index (χ1n) is 4.46. The second kappa shape index (κ2) is 6.27. The number of para-hydroxylation sites is 2. The van der Waals surface area contributed by atoms with Gasteiger partial charge in [0.2, 0.25) is 5.91 Å². The summed E-state index contributed by atoms with van der Waals surface area (Å²) in [7, 11) is 0. The van der Waals surface area contributed by atoms with Crippen LogP contribution in [0.5, 0.6) is 5.75 Å². The summed E-state index contributed by atoms with van der Waals surface area (Å²) in [6, 6.07) is 6.97. The van der Waals surface area contributed by atoms with E-state index < -0.39 is 0 Å². The third-order valence-corrected chi connectivity index (χ3v) is 1.87. The van der Waals surface area contributed by atoms with Gasteiger partial charge in [-0.25, -0.2) is 0 Å². The molecule has 1 rings (SSSR count). The monoisotopic (exact) mass is 229 g/mol. The lowest BCUT2D eigenvalue weighted by molar-refractivity contribution is -0.113. The van der Waals surface area contributed by atoms with Crippen molar-refractivity contribution >= 4 is 23.2 Å². The molecule has 0 aromatic heterocycles. The van der Waals surface area contributed by atoms with Crippen molar-refractivity contribution in [1.29, 1.82) is 0 Å². The van der Waals surface area contributed by atoms with Gasteiger partial charge in [-0.1, -0.05) is 12.1 Å². The van der Waals surface area contributed by atoms with Gasteiger partial charge in [0.1, 0.15) is 18.2 Å². The summed E-state index contributed by atoms with van der Waals surface area (Å²) < 4.78 is 5.22. The lowest BCUT2D eigenvalue weighted by Gasteiger charge is -2.10. The Morgan fingerprint density at radius 1 is 1.47 bits per heavy atom. The third kappa shape index (κ3) is 3.77. The van der Waals surface area contributed by atoms with Gasteiger partial charge in [-0.05, 0) is 12.1 Å². The van der Waals surface area contributed by atoms with E-state index >= 15 is 0 Å². The molecule has 0 saturated heterocycles. The maximum atomic E-state index is 11.1. The van der Waals surface area contributed by atoms with Gasteiger partial charge in [0.25, 0.3) is 0 Å². The third-order valence-electron chi connectivity index (χ3n) is 1.63. The zero-order chi connectivity index (χ0) is 11.1. The van der Waals surface area contributed by atoms with E-state index in [9.17, 15) is 4.79 Å². The number of carbonyl (C=O) groups excluding carboxylic acids is 1. The number of benzene rings is 1. The maximum Gasteiger partial charge on any atom is 0.239 e. The highest BCUT2D eigenvalue weighted by Gasteiger charge is 2.05. The van der Waals surface area contributed by atoms with Crippen LogP contribution in [0.15, 0.2) is 24.3 Å². The first kappa shape index (κ1) is 11.8. The predicted octanol–water partition coefficient (Wildman–Crippen LogP) is 1.23. The normalized spacial score (nSPS) is 9.73. The molecule has 0 fully saturated rings. The molecule has 0 saturated carbocycles. The number of aliphatic hydroxyl groups excluding tert-OH is 1. The van der Waals surface area contributed by atoms with Crippen LogP contribution in [0, 0.1) is 0 Å². The Morgan fingerprint density at radius 2 is 2.20 bits per heavy atom. The van der Waals surface area contributed by atoms with Crippen LogP contribution in [-0.2, 0) is 4.79 Å². The molecule has 82 valence electrons. The molecule has 0 atom stereocenters. The Bertz CT molecular complexity index is 330. The average Bonchev–Trinajstić information content (AvgIpc) is 2.28. The van der Waals surface area contributed by atoms with Gasteiger partial charge in [0.15, 0.2) is 0 Å². The molecule has 0 radical (unpaired) electrons. The molecule has 0 aliphatic heterocycles. The Morgan fingerprint density at radius 3 is 2.87 bits per heavy atom. The van der Waals surface area contributed by atoms with Crippen LogP contribution in [0.3, 0.4) is 0 Å². The number of anilines is 1. The van der Waals surface area contributed by atoms with Crippen molar-refractivity contribution in [2.45, 2.75) is 0 Å². The summed E-state index contributed by atoms with van der Waals surface area (Å²) in [6.45, 7) is 0.117. The number of amides is 1. The second-order valence-corrected chi connectivity index (χ2v) is 3.02. The molecule has 2 N–H and O–H groups in total. The smallest absolute Gasteiger partial charge is 0.239 e. The molecule has 0 aliphatic carbocycles. The summed E-state index contributed by atoms with van der Waals surface area (Å²) in [6.07, 6.45) is 0. The summed E-state index contributed by atoms with van der Waals surface area (Å²) >= 11 is 5.37. The van der Waals surface area contributed by atoms with Gasteiger partial charge in [0, 0.05) is 0 Å². The summed E-state index contributed by atoms with van der Waals surface area (Å²) in [5.74, 6) is 0.121. The van der Waals surface area contributed by atoms with Crippen molar-refractivity contribution in [3.05, 3.63) is 24.3 Å². The summed E-state index contributed by atoms with van der Waals surface area (Å²) in [5.41, 5.74) is 0.552. The molecule has 0 spiro atoms. The molecule has 1 amide bonds. The molecule has 0 bridgehead atoms. The van der Waals surface area contributed by atoms with E-state index in [-0.39, 0.29) is 25.0 Å². The fourth-order valence-electron chi connectivity index (χ4n) is 1.03. The number of carbonyl (C=O) groups is 1. The molecule has 1 aromatic carbocycles. The van der Waals surface area contributed by atoms with Crippen molar-refractivity contribution in [2.24, 2.45) is 0 Å². The van der Waals surface area contributed by atoms with E-state index in [4.69, 9.17) is 21.4 Å². The van der Waals surface area contributed by atoms with Gasteiger partial charge in [-0.3, -0.25) is 4.79 Å². The zero-order valence-corrected chi connectivity index (χ0v) is 8.83. The number of ether oxygens (including phenoxy) is 1. The van der Waals surface area contributed by atoms with Crippen molar-refractivity contribution in [1.82, 2.24) is 0 Å². The fraction of sp³-hybridized carbons (Fsp3) is 0.300. The number of hydrogen-bond acceptors (Lipinski definition) is 3. The highest BCUT2D eigenvalue weighted by molar-refractivity contribution is 6.29. The minimum atomic E-state index is -0.295. The first-order chi connectivity index (χ1) is 7.27. The molecular weight excluding hydrogens is 218 g/mol. The Labute approximate surface area is 92.8 Å². The van der Waals surface area contributed by atoms with Crippen molar-refractivity contribution < 1.29 is 14.6 Å². The Hall–Kier alpha value is -1.26. The number of alkyl halides is 1. The van der Waals surface area contributed by atoms with Crippen LogP contribution >= 0.6 is 11.6 Å². The van der Waals surface area contributed by atoms with E-state index in [0.717, 1.165) is 0 Å². The van der Waals surface area contributed by atoms with E-state index in [0.29, 0.717) is 11.4 Å². The van der Waals surface area contributed by atoms with Crippen molar-refractivity contribution in [3.63, 3.8) is 0 Å². The predicted molar refractivity (Wildman–Crippen MR) is 58.4 cm³/mol. The van der Waals surface area contributed by atoms with Gasteiger partial charge >= 0.3 is 0 Å². The lowest BCUT2D eigenvalue weighted by Crippen LogP contribution is -2.14. The topological polar surface area (TPSA) is 58.6 Å². The van der Waals surface area contributed by atoms with Crippen LogP contribution in [-0.4, -0.2) is 30.1 Å². The van der Waals surface area contributed by atoms with E-state index in [1.165, 1.54) is 0 Å². The van der Waals surface area contributed by atoms with Crippen LogP contribution < -0.4 is 10.1 Å². The van der Waals surface area contributed by atoms with Gasteiger partial charge in [0.05, 0.1) is 12.3 Å². The van der Waals surface area contributed by atoms with Gasteiger partial charge in [-0.2, -0.15) is 0 Å². The molecule has 0 aliphatic rings. The zero-order valence-electron chi connectivity index (χ0n) is 8.07. The largest absolute Gasteiger partial charge is 0.489 e. The molecule has 4 nitrogen and oxygen atoms in total. The average molecular weight is 230 g/mol. The van der Waals surface area contributed by atoms with Gasteiger partial charge in [-0.15, -0.1) is 11.6 Å². The number of rotatable bonds is 5. The lowest BCUT2D eigenvalue weighted by atomic mass is 10.3. The second-order valence-electron chi connectivity index (χ2n) is 2.75. The highest BCUT2D eigenvalue weighted by atomic mass is 35.5. The SMILES string of the molecule is O=C(CCl)Nc1ccccc1OCCO. The van der Waals surface area contributed by atoms with E-state index in [1.807, 2.05) is 0 Å². The van der Waals surface area contributed by atoms with Crippen LogP contribution in [0.25, 0.3) is 0 Å². The standard InChI is InChI=1S/C10H12ClNO3/c11-7-10(14)12-8-3-1-2-4-9(8)15-6-5-13/h1-4,13H,5-7H2,(H,12,14). The quantitative estimate of drug-likeness (QED) is 0.747. The van der Waals surface area contributed by atoms with Crippen LogP contribution in [0.4, 0.5) is 5.69 Å². The minimum absolute atomic E-state index is 0.0716. The minimum Gasteiger partial charge on any atom is -0.489 e. The maximum absolute atomic E-state index is 11.1. The molecule has 1 aromatic rings. The summed E-state index contributed by atoms with van der Waals surface area (Å²) in [5, 5.41) is 11.2. The van der Waals surface area contributed by atoms with Crippen molar-refractivity contribution in [2.75, 3.05) is 24.4 Å². The number of hydrogen-bond donors (Lipinski definition) is 2. The molecule has 5 heteroatoms. The van der Waals surface area contributed by atoms with E-state index in [1.54, 1.807) is 24.3 Å². The fourth-order valence-corrected chi connectivity index (χ4v) is 1.10. The molecular formula is C10H12ClNO3. The number of halogens is 1. The molecule has 15 heavy (non-hydrogen) atoms. The van der Waals surface area contributed by atoms with E-state index in [2.05, 4.69) is 5.32 Å². The van der Waals surface area contributed by atoms with Gasteiger partial charge < -0.3 is 15.2 Å². The highest BCUT2D eigenvalue weighted by Crippen LogP contribution is 2.23. The summed E-state index contributed by atoms with van der Waals surface area (Å²) in [4.78, 5) is 11.1. The number of nitrogens with one attached hydrogen (secondary N) is 1. The Kier molecular flexibility index (Phi) is 4.93. The number of aliphatic hydroxyl groups is 1.